The molecule has 0 atom stereocenters. The third-order valence-electron chi connectivity index (χ3n) is 3.45. The molecule has 0 unspecified atom stereocenters. The average Bonchev–Trinajstić information content (AvgIpc) is 2.85. The number of nitrogens with zero attached hydrogens (tertiary/aromatic N) is 3. The van der Waals surface area contributed by atoms with Crippen LogP contribution in [0.4, 0.5) is 5.69 Å². The number of amides is 1. The number of carbonyl (C=O) groups is 1. The molecule has 112 valence electrons. The third-order valence-corrected chi connectivity index (χ3v) is 3.45. The molecule has 2 heterocycles. The predicted molar refractivity (Wildman–Crippen MR) is 83.9 cm³/mol. The normalized spacial score (nSPS) is 10.6. The number of nitrogens with two attached hydrogens (primary N) is 1. The standard InChI is InChI=1S/C16H22N4O/c1-4-19-10-13(17)9-15(19)16(21)20(5-2)11-14-8-6-7-12(3)18-14/h6-10H,4-5,11,17H2,1-3H3. The summed E-state index contributed by atoms with van der Waals surface area (Å²) in [6, 6.07) is 7.58. The van der Waals surface area contributed by atoms with Crippen LogP contribution in [0, 0.1) is 6.92 Å². The van der Waals surface area contributed by atoms with E-state index in [1.165, 1.54) is 0 Å². The molecule has 0 aromatic carbocycles. The van der Waals surface area contributed by atoms with Crippen molar-refractivity contribution in [3.05, 3.63) is 47.5 Å². The molecule has 2 N–H and O–H groups in total. The van der Waals surface area contributed by atoms with Crippen molar-refractivity contribution in [2.45, 2.75) is 33.9 Å². The molecule has 5 heteroatoms. The molecule has 0 saturated carbocycles. The maximum absolute atomic E-state index is 12.7. The molecule has 0 aliphatic rings. The molecule has 1 amide bonds. The molecular weight excluding hydrogens is 264 g/mol. The summed E-state index contributed by atoms with van der Waals surface area (Å²) in [5, 5.41) is 0. The fourth-order valence-electron chi connectivity index (χ4n) is 2.35. The van der Waals surface area contributed by atoms with Gasteiger partial charge in [-0.2, -0.15) is 0 Å². The van der Waals surface area contributed by atoms with E-state index in [2.05, 4.69) is 4.98 Å². The Labute approximate surface area is 125 Å². The lowest BCUT2D eigenvalue weighted by molar-refractivity contribution is 0.0739. The van der Waals surface area contributed by atoms with Gasteiger partial charge < -0.3 is 15.2 Å². The van der Waals surface area contributed by atoms with Gasteiger partial charge in [0.1, 0.15) is 5.69 Å². The fourth-order valence-corrected chi connectivity index (χ4v) is 2.35. The fraction of sp³-hybridized carbons (Fsp3) is 0.375. The van der Waals surface area contributed by atoms with Gasteiger partial charge in [0.2, 0.25) is 0 Å². The van der Waals surface area contributed by atoms with Crippen molar-refractivity contribution in [2.24, 2.45) is 0 Å². The minimum atomic E-state index is -0.0145. The van der Waals surface area contributed by atoms with Crippen molar-refractivity contribution < 1.29 is 4.79 Å². The Bertz CT molecular complexity index is 633. The van der Waals surface area contributed by atoms with Crippen molar-refractivity contribution in [2.75, 3.05) is 12.3 Å². The van der Waals surface area contributed by atoms with E-state index in [1.807, 2.05) is 43.5 Å². The van der Waals surface area contributed by atoms with Crippen LogP contribution in [0.25, 0.3) is 0 Å². The quantitative estimate of drug-likeness (QED) is 0.918. The van der Waals surface area contributed by atoms with Crippen LogP contribution < -0.4 is 5.73 Å². The Morgan fingerprint density at radius 2 is 2.14 bits per heavy atom. The molecule has 2 aromatic rings. The molecule has 0 spiro atoms. The summed E-state index contributed by atoms with van der Waals surface area (Å²) in [5.41, 5.74) is 8.90. The van der Waals surface area contributed by atoms with Crippen LogP contribution in [-0.2, 0) is 13.1 Å². The molecular formula is C16H22N4O. The van der Waals surface area contributed by atoms with Crippen LogP contribution in [0.15, 0.2) is 30.5 Å². The topological polar surface area (TPSA) is 64.2 Å². The largest absolute Gasteiger partial charge is 0.397 e. The summed E-state index contributed by atoms with van der Waals surface area (Å²) in [6.07, 6.45) is 1.80. The van der Waals surface area contributed by atoms with Gasteiger partial charge in [-0.25, -0.2) is 0 Å². The van der Waals surface area contributed by atoms with Crippen LogP contribution in [0.2, 0.25) is 0 Å². The molecule has 0 fully saturated rings. The van der Waals surface area contributed by atoms with Crippen molar-refractivity contribution in [3.8, 4) is 0 Å². The van der Waals surface area contributed by atoms with E-state index in [0.29, 0.717) is 24.5 Å². The lowest BCUT2D eigenvalue weighted by atomic mass is 10.2. The molecule has 0 aliphatic heterocycles. The minimum absolute atomic E-state index is 0.0145. The third kappa shape index (κ3) is 3.42. The molecule has 0 saturated heterocycles. The first-order valence-electron chi connectivity index (χ1n) is 7.22. The van der Waals surface area contributed by atoms with Crippen LogP contribution in [0.1, 0.15) is 35.7 Å². The van der Waals surface area contributed by atoms with Crippen molar-refractivity contribution in [1.82, 2.24) is 14.5 Å². The Morgan fingerprint density at radius 1 is 1.38 bits per heavy atom. The van der Waals surface area contributed by atoms with E-state index >= 15 is 0 Å². The van der Waals surface area contributed by atoms with Gasteiger partial charge >= 0.3 is 0 Å². The molecule has 0 radical (unpaired) electrons. The zero-order valence-electron chi connectivity index (χ0n) is 12.8. The summed E-state index contributed by atoms with van der Waals surface area (Å²) in [7, 11) is 0. The van der Waals surface area contributed by atoms with Crippen LogP contribution >= 0.6 is 0 Å². The second kappa shape index (κ2) is 6.43. The second-order valence-electron chi connectivity index (χ2n) is 5.03. The smallest absolute Gasteiger partial charge is 0.270 e. The number of nitrogen functional groups attached to an aromatic ring is 1. The molecule has 0 aliphatic carbocycles. The highest BCUT2D eigenvalue weighted by molar-refractivity contribution is 5.93. The lowest BCUT2D eigenvalue weighted by Crippen LogP contribution is -2.32. The highest BCUT2D eigenvalue weighted by atomic mass is 16.2. The Kier molecular flexibility index (Phi) is 4.62. The number of carbonyl (C=O) groups excluding carboxylic acids is 1. The lowest BCUT2D eigenvalue weighted by Gasteiger charge is -2.21. The number of anilines is 1. The Morgan fingerprint density at radius 3 is 2.76 bits per heavy atom. The van der Waals surface area contributed by atoms with Crippen molar-refractivity contribution in [1.29, 1.82) is 0 Å². The van der Waals surface area contributed by atoms with Gasteiger partial charge in [0, 0.05) is 25.0 Å². The second-order valence-corrected chi connectivity index (χ2v) is 5.03. The van der Waals surface area contributed by atoms with E-state index in [4.69, 9.17) is 5.73 Å². The number of rotatable bonds is 5. The predicted octanol–water partition coefficient (Wildman–Crippen LogP) is 2.46. The van der Waals surface area contributed by atoms with Gasteiger partial charge in [0.25, 0.3) is 5.91 Å². The highest BCUT2D eigenvalue weighted by Gasteiger charge is 2.19. The van der Waals surface area contributed by atoms with Crippen LogP contribution in [0.3, 0.4) is 0 Å². The SMILES string of the molecule is CCN(Cc1cccc(C)n1)C(=O)c1cc(N)cn1CC. The maximum atomic E-state index is 12.7. The molecule has 2 rings (SSSR count). The first kappa shape index (κ1) is 15.1. The maximum Gasteiger partial charge on any atom is 0.270 e. The van der Waals surface area contributed by atoms with Crippen LogP contribution in [0.5, 0.6) is 0 Å². The van der Waals surface area contributed by atoms with Crippen molar-refractivity contribution in [3.63, 3.8) is 0 Å². The van der Waals surface area contributed by atoms with Gasteiger partial charge in [0.15, 0.2) is 0 Å². The first-order valence-corrected chi connectivity index (χ1v) is 7.22. The van der Waals surface area contributed by atoms with Gasteiger partial charge in [0.05, 0.1) is 17.9 Å². The summed E-state index contributed by atoms with van der Waals surface area (Å²) in [6.45, 7) is 7.77. The Balaban J connectivity index is 2.22. The van der Waals surface area contributed by atoms with Gasteiger partial charge in [-0.3, -0.25) is 9.78 Å². The van der Waals surface area contributed by atoms with Gasteiger partial charge in [-0.15, -0.1) is 0 Å². The highest BCUT2D eigenvalue weighted by Crippen LogP contribution is 2.14. The number of pyridine rings is 1. The summed E-state index contributed by atoms with van der Waals surface area (Å²) in [4.78, 5) is 18.9. The van der Waals surface area contributed by atoms with E-state index in [-0.39, 0.29) is 5.91 Å². The zero-order valence-corrected chi connectivity index (χ0v) is 12.8. The summed E-state index contributed by atoms with van der Waals surface area (Å²) >= 11 is 0. The van der Waals surface area contributed by atoms with E-state index < -0.39 is 0 Å². The molecule has 0 bridgehead atoms. The van der Waals surface area contributed by atoms with E-state index in [1.54, 1.807) is 17.2 Å². The number of hydrogen-bond acceptors (Lipinski definition) is 3. The van der Waals surface area contributed by atoms with E-state index in [9.17, 15) is 4.79 Å². The average molecular weight is 286 g/mol. The minimum Gasteiger partial charge on any atom is -0.397 e. The van der Waals surface area contributed by atoms with E-state index in [0.717, 1.165) is 17.9 Å². The van der Waals surface area contributed by atoms with Crippen molar-refractivity contribution >= 4 is 11.6 Å². The molecule has 5 nitrogen and oxygen atoms in total. The molecule has 21 heavy (non-hydrogen) atoms. The molecule has 2 aromatic heterocycles. The van der Waals surface area contributed by atoms with Gasteiger partial charge in [-0.05, 0) is 39.0 Å². The number of aromatic nitrogens is 2. The van der Waals surface area contributed by atoms with Gasteiger partial charge in [-0.1, -0.05) is 6.07 Å². The van der Waals surface area contributed by atoms with Crippen LogP contribution in [-0.4, -0.2) is 26.9 Å². The first-order chi connectivity index (χ1) is 10.0. The number of hydrogen-bond donors (Lipinski definition) is 1. The Hall–Kier alpha value is -2.30. The summed E-state index contributed by atoms with van der Waals surface area (Å²) in [5.74, 6) is -0.0145. The number of aryl methyl sites for hydroxylation is 2. The summed E-state index contributed by atoms with van der Waals surface area (Å²) < 4.78 is 1.88. The monoisotopic (exact) mass is 286 g/mol. The zero-order chi connectivity index (χ0) is 15.4.